The number of hydrogen-bond donors (Lipinski definition) is 1. The van der Waals surface area contributed by atoms with Gasteiger partial charge in [0.15, 0.2) is 0 Å². The van der Waals surface area contributed by atoms with Crippen molar-refractivity contribution in [1.82, 2.24) is 4.98 Å². The highest BCUT2D eigenvalue weighted by Crippen LogP contribution is 2.11. The number of thiol groups is 1. The van der Waals surface area contributed by atoms with Gasteiger partial charge in [-0.1, -0.05) is 0 Å². The summed E-state index contributed by atoms with van der Waals surface area (Å²) in [4.78, 5) is 4.06. The molecule has 0 aliphatic carbocycles. The van der Waals surface area contributed by atoms with Crippen LogP contribution in [0.15, 0.2) is 18.5 Å². The van der Waals surface area contributed by atoms with E-state index in [1.54, 1.807) is 13.3 Å². The van der Waals surface area contributed by atoms with Crippen LogP contribution >= 0.6 is 12.6 Å². The number of pyridine rings is 1. The summed E-state index contributed by atoms with van der Waals surface area (Å²) in [5, 5.41) is 0. The fourth-order valence-electron chi connectivity index (χ4n) is 0.995. The molecule has 0 saturated heterocycles. The first-order valence-electron chi connectivity index (χ1n) is 3.95. The van der Waals surface area contributed by atoms with Gasteiger partial charge in [-0.15, -0.1) is 0 Å². The summed E-state index contributed by atoms with van der Waals surface area (Å²) in [6.45, 7) is 0. The van der Waals surface area contributed by atoms with Crippen molar-refractivity contribution in [3.63, 3.8) is 0 Å². The Morgan fingerprint density at radius 1 is 1.50 bits per heavy atom. The van der Waals surface area contributed by atoms with Gasteiger partial charge in [0, 0.05) is 6.20 Å². The minimum Gasteiger partial charge on any atom is -0.495 e. The second-order valence-electron chi connectivity index (χ2n) is 2.56. The monoisotopic (exact) mass is 183 g/mol. The van der Waals surface area contributed by atoms with Crippen molar-refractivity contribution in [2.75, 3.05) is 12.9 Å². The van der Waals surface area contributed by atoms with Crippen molar-refractivity contribution in [1.29, 1.82) is 0 Å². The van der Waals surface area contributed by atoms with Crippen LogP contribution in [-0.4, -0.2) is 17.8 Å². The molecule has 0 bridgehead atoms. The largest absolute Gasteiger partial charge is 0.495 e. The van der Waals surface area contributed by atoms with Gasteiger partial charge in [0.1, 0.15) is 5.75 Å². The van der Waals surface area contributed by atoms with Crippen molar-refractivity contribution >= 4 is 12.6 Å². The lowest BCUT2D eigenvalue weighted by atomic mass is 10.2. The summed E-state index contributed by atoms with van der Waals surface area (Å²) >= 11 is 4.15. The van der Waals surface area contributed by atoms with Crippen LogP contribution in [0.1, 0.15) is 12.0 Å². The molecule has 0 saturated carbocycles. The Morgan fingerprint density at radius 2 is 2.33 bits per heavy atom. The Labute approximate surface area is 78.4 Å². The van der Waals surface area contributed by atoms with Crippen molar-refractivity contribution in [3.8, 4) is 5.75 Å². The van der Waals surface area contributed by atoms with Crippen molar-refractivity contribution in [2.24, 2.45) is 0 Å². The molecular formula is C9H13NOS. The van der Waals surface area contributed by atoms with Crippen LogP contribution < -0.4 is 4.74 Å². The molecular weight excluding hydrogens is 170 g/mol. The van der Waals surface area contributed by atoms with Gasteiger partial charge in [-0.05, 0) is 30.2 Å². The lowest BCUT2D eigenvalue weighted by molar-refractivity contribution is 0.412. The number of aromatic nitrogens is 1. The molecule has 0 unspecified atom stereocenters. The minimum atomic E-state index is 0.826. The van der Waals surface area contributed by atoms with Gasteiger partial charge >= 0.3 is 0 Å². The van der Waals surface area contributed by atoms with E-state index in [-0.39, 0.29) is 0 Å². The second kappa shape index (κ2) is 5.04. The number of aryl methyl sites for hydroxylation is 1. The first-order valence-corrected chi connectivity index (χ1v) is 4.59. The molecule has 3 heteroatoms. The van der Waals surface area contributed by atoms with E-state index in [1.807, 2.05) is 12.3 Å². The number of methoxy groups -OCH3 is 1. The molecule has 12 heavy (non-hydrogen) atoms. The van der Waals surface area contributed by atoms with E-state index in [1.165, 1.54) is 5.56 Å². The van der Waals surface area contributed by atoms with Gasteiger partial charge in [0.05, 0.1) is 13.3 Å². The summed E-state index contributed by atoms with van der Waals surface area (Å²) < 4.78 is 5.05. The highest BCUT2D eigenvalue weighted by molar-refractivity contribution is 7.80. The smallest absolute Gasteiger partial charge is 0.137 e. The molecule has 0 aliphatic heterocycles. The zero-order chi connectivity index (χ0) is 8.81. The molecule has 0 atom stereocenters. The normalized spacial score (nSPS) is 9.83. The van der Waals surface area contributed by atoms with E-state index in [0.29, 0.717) is 0 Å². The van der Waals surface area contributed by atoms with Crippen molar-refractivity contribution < 1.29 is 4.74 Å². The number of hydrogen-bond acceptors (Lipinski definition) is 3. The molecule has 0 aliphatic rings. The van der Waals surface area contributed by atoms with Crippen LogP contribution in [0.5, 0.6) is 5.75 Å². The van der Waals surface area contributed by atoms with Crippen LogP contribution in [0.4, 0.5) is 0 Å². The summed E-state index contributed by atoms with van der Waals surface area (Å²) in [6.07, 6.45) is 5.68. The molecule has 1 aromatic heterocycles. The van der Waals surface area contributed by atoms with Crippen LogP contribution in [0.3, 0.4) is 0 Å². The van der Waals surface area contributed by atoms with Gasteiger partial charge in [-0.25, -0.2) is 0 Å². The average Bonchev–Trinajstić information content (AvgIpc) is 2.15. The summed E-state index contributed by atoms with van der Waals surface area (Å²) in [6, 6.07) is 2.01. The maximum Gasteiger partial charge on any atom is 0.137 e. The molecule has 0 N–H and O–H groups in total. The molecule has 0 spiro atoms. The molecule has 0 aromatic carbocycles. The van der Waals surface area contributed by atoms with E-state index < -0.39 is 0 Å². The zero-order valence-electron chi connectivity index (χ0n) is 7.16. The third-order valence-electron chi connectivity index (χ3n) is 1.63. The Morgan fingerprint density at radius 3 is 3.00 bits per heavy atom. The Hall–Kier alpha value is -0.700. The van der Waals surface area contributed by atoms with Gasteiger partial charge in [-0.3, -0.25) is 4.98 Å². The lowest BCUT2D eigenvalue weighted by Gasteiger charge is -2.01. The van der Waals surface area contributed by atoms with Crippen LogP contribution in [-0.2, 0) is 6.42 Å². The molecule has 1 aromatic rings. The van der Waals surface area contributed by atoms with Gasteiger partial charge < -0.3 is 4.74 Å². The molecule has 1 heterocycles. The number of rotatable bonds is 4. The van der Waals surface area contributed by atoms with Gasteiger partial charge in [0.25, 0.3) is 0 Å². The lowest BCUT2D eigenvalue weighted by Crippen LogP contribution is -1.90. The number of nitrogens with zero attached hydrogens (tertiary/aromatic N) is 1. The molecule has 0 radical (unpaired) electrons. The van der Waals surface area contributed by atoms with E-state index in [9.17, 15) is 0 Å². The van der Waals surface area contributed by atoms with E-state index in [2.05, 4.69) is 17.6 Å². The fraction of sp³-hybridized carbons (Fsp3) is 0.444. The zero-order valence-corrected chi connectivity index (χ0v) is 8.05. The maximum absolute atomic E-state index is 5.05. The molecule has 2 nitrogen and oxygen atoms in total. The summed E-state index contributed by atoms with van der Waals surface area (Å²) in [5.41, 5.74) is 1.21. The maximum atomic E-state index is 5.05. The third kappa shape index (κ3) is 2.74. The van der Waals surface area contributed by atoms with E-state index >= 15 is 0 Å². The number of ether oxygens (including phenoxy) is 1. The standard InChI is InChI=1S/C9H13NOS/c1-11-9-5-8(3-2-4-12)6-10-7-9/h5-7,12H,2-4H2,1H3. The van der Waals surface area contributed by atoms with Crippen LogP contribution in [0, 0.1) is 0 Å². The summed E-state index contributed by atoms with van der Waals surface area (Å²) in [5.74, 6) is 1.74. The van der Waals surface area contributed by atoms with Crippen LogP contribution in [0.2, 0.25) is 0 Å². The van der Waals surface area contributed by atoms with E-state index in [4.69, 9.17) is 4.74 Å². The third-order valence-corrected chi connectivity index (χ3v) is 1.95. The SMILES string of the molecule is COc1cncc(CCCS)c1. The molecule has 66 valence electrons. The van der Waals surface area contributed by atoms with E-state index in [0.717, 1.165) is 24.3 Å². The predicted octanol–water partition coefficient (Wildman–Crippen LogP) is 1.95. The Bertz CT molecular complexity index is 240. The topological polar surface area (TPSA) is 22.1 Å². The van der Waals surface area contributed by atoms with Crippen molar-refractivity contribution in [2.45, 2.75) is 12.8 Å². The fourth-order valence-corrected chi connectivity index (χ4v) is 1.15. The van der Waals surface area contributed by atoms with Crippen LogP contribution in [0.25, 0.3) is 0 Å². The Kier molecular flexibility index (Phi) is 3.94. The quantitative estimate of drug-likeness (QED) is 0.721. The van der Waals surface area contributed by atoms with Gasteiger partial charge in [-0.2, -0.15) is 12.6 Å². The second-order valence-corrected chi connectivity index (χ2v) is 3.01. The van der Waals surface area contributed by atoms with Crippen molar-refractivity contribution in [3.05, 3.63) is 24.0 Å². The first-order chi connectivity index (χ1) is 5.86. The predicted molar refractivity (Wildman–Crippen MR) is 53.0 cm³/mol. The Balaban J connectivity index is 2.60. The van der Waals surface area contributed by atoms with Gasteiger partial charge in [0.2, 0.25) is 0 Å². The highest BCUT2D eigenvalue weighted by atomic mass is 32.1. The molecule has 0 fully saturated rings. The molecule has 1 rings (SSSR count). The molecule has 0 amide bonds. The highest BCUT2D eigenvalue weighted by Gasteiger charge is 1.95. The minimum absolute atomic E-state index is 0.826. The summed E-state index contributed by atoms with van der Waals surface area (Å²) in [7, 11) is 1.65. The average molecular weight is 183 g/mol. The first kappa shape index (κ1) is 9.39.